The van der Waals surface area contributed by atoms with E-state index in [1.54, 1.807) is 0 Å². The van der Waals surface area contributed by atoms with Crippen LogP contribution in [-0.4, -0.2) is 0 Å². The van der Waals surface area contributed by atoms with Gasteiger partial charge in [-0.3, -0.25) is 0 Å². The van der Waals surface area contributed by atoms with E-state index < -0.39 is 0 Å². The second kappa shape index (κ2) is 4.89. The van der Waals surface area contributed by atoms with Crippen molar-refractivity contribution in [2.45, 2.75) is 32.1 Å². The van der Waals surface area contributed by atoms with Crippen molar-refractivity contribution in [2.24, 2.45) is 0 Å². The largest absolute Gasteiger partial charge is 0.0755 e. The Balaban J connectivity index is 2.10. The maximum atomic E-state index is 3.60. The van der Waals surface area contributed by atoms with Crippen molar-refractivity contribution in [1.82, 2.24) is 0 Å². The molecular formula is C19H19Br. The molecule has 0 saturated heterocycles. The molecule has 2 aromatic carbocycles. The molecule has 0 radical (unpaired) electrons. The topological polar surface area (TPSA) is 0 Å². The van der Waals surface area contributed by atoms with Gasteiger partial charge in [0.15, 0.2) is 0 Å². The first kappa shape index (κ1) is 13.6. The van der Waals surface area contributed by atoms with Crippen molar-refractivity contribution >= 4 is 22.0 Å². The van der Waals surface area contributed by atoms with Gasteiger partial charge in [0.2, 0.25) is 0 Å². The number of halogens is 1. The number of fused-ring (bicyclic) bond motifs is 1. The summed E-state index contributed by atoms with van der Waals surface area (Å²) in [6, 6.07) is 15.5. The van der Waals surface area contributed by atoms with E-state index in [1.165, 1.54) is 22.3 Å². The molecule has 20 heavy (non-hydrogen) atoms. The normalized spacial score (nSPS) is 19.7. The summed E-state index contributed by atoms with van der Waals surface area (Å²) in [5.74, 6) is 0.421. The second-order valence-electron chi connectivity index (χ2n) is 6.20. The molecule has 1 unspecified atom stereocenters. The fraction of sp³-hybridized carbons (Fsp3) is 0.263. The van der Waals surface area contributed by atoms with Gasteiger partial charge in [0.05, 0.1) is 0 Å². The van der Waals surface area contributed by atoms with Crippen LogP contribution < -0.4 is 0 Å². The number of hydrogen-bond donors (Lipinski definition) is 0. The van der Waals surface area contributed by atoms with E-state index in [0.717, 1.165) is 4.47 Å². The highest BCUT2D eigenvalue weighted by Gasteiger charge is 2.34. The van der Waals surface area contributed by atoms with E-state index in [9.17, 15) is 0 Å². The molecular weight excluding hydrogens is 308 g/mol. The molecule has 0 aromatic heterocycles. The summed E-state index contributed by atoms with van der Waals surface area (Å²) in [6.07, 6.45) is 4.61. The summed E-state index contributed by atoms with van der Waals surface area (Å²) in [4.78, 5) is 0. The molecule has 3 rings (SSSR count). The quantitative estimate of drug-likeness (QED) is 0.617. The fourth-order valence-corrected chi connectivity index (χ4v) is 3.50. The monoisotopic (exact) mass is 326 g/mol. The van der Waals surface area contributed by atoms with Crippen LogP contribution >= 0.6 is 15.9 Å². The Bertz CT molecular complexity index is 663. The van der Waals surface area contributed by atoms with Crippen molar-refractivity contribution in [3.8, 4) is 0 Å². The van der Waals surface area contributed by atoms with Gasteiger partial charge >= 0.3 is 0 Å². The van der Waals surface area contributed by atoms with Crippen LogP contribution in [0.5, 0.6) is 0 Å². The molecule has 0 bridgehead atoms. The third kappa shape index (κ3) is 2.25. The van der Waals surface area contributed by atoms with Gasteiger partial charge in [0.25, 0.3) is 0 Å². The molecule has 1 aliphatic rings. The minimum absolute atomic E-state index is 0.100. The average molecular weight is 327 g/mol. The lowest BCUT2D eigenvalue weighted by Gasteiger charge is -2.37. The third-order valence-corrected chi connectivity index (χ3v) is 4.88. The third-order valence-electron chi connectivity index (χ3n) is 4.39. The van der Waals surface area contributed by atoms with Crippen LogP contribution in [0.4, 0.5) is 0 Å². The van der Waals surface area contributed by atoms with E-state index in [2.05, 4.69) is 91.3 Å². The number of allylic oxidation sites excluding steroid dienone is 1. The first-order chi connectivity index (χ1) is 9.48. The van der Waals surface area contributed by atoms with Crippen molar-refractivity contribution in [1.29, 1.82) is 0 Å². The molecule has 0 N–H and O–H groups in total. The Kier molecular flexibility index (Phi) is 3.33. The number of aryl methyl sites for hydroxylation is 1. The molecule has 0 amide bonds. The fourth-order valence-electron chi connectivity index (χ4n) is 3.14. The Morgan fingerprint density at radius 3 is 2.40 bits per heavy atom. The highest BCUT2D eigenvalue weighted by Crippen LogP contribution is 2.45. The lowest BCUT2D eigenvalue weighted by Crippen LogP contribution is -2.28. The van der Waals surface area contributed by atoms with Gasteiger partial charge in [0.1, 0.15) is 0 Å². The minimum atomic E-state index is 0.100. The summed E-state index contributed by atoms with van der Waals surface area (Å²) >= 11 is 3.60. The maximum Gasteiger partial charge on any atom is 0.0178 e. The number of hydrogen-bond acceptors (Lipinski definition) is 0. The van der Waals surface area contributed by atoms with Gasteiger partial charge in [-0.05, 0) is 35.7 Å². The number of benzene rings is 2. The first-order valence-corrected chi connectivity index (χ1v) is 7.82. The highest BCUT2D eigenvalue weighted by atomic mass is 79.9. The van der Waals surface area contributed by atoms with Crippen LogP contribution in [0.25, 0.3) is 6.08 Å². The van der Waals surface area contributed by atoms with Crippen LogP contribution in [0.1, 0.15) is 42.0 Å². The zero-order valence-corrected chi connectivity index (χ0v) is 13.7. The number of rotatable bonds is 1. The van der Waals surface area contributed by atoms with E-state index >= 15 is 0 Å². The van der Waals surface area contributed by atoms with Gasteiger partial charge in [-0.15, -0.1) is 0 Å². The van der Waals surface area contributed by atoms with Crippen LogP contribution in [0.2, 0.25) is 0 Å². The van der Waals surface area contributed by atoms with Crippen molar-refractivity contribution < 1.29 is 0 Å². The van der Waals surface area contributed by atoms with Crippen LogP contribution in [0.15, 0.2) is 53.0 Å². The predicted molar refractivity (Wildman–Crippen MR) is 90.1 cm³/mol. The van der Waals surface area contributed by atoms with E-state index in [1.807, 2.05) is 0 Å². The Labute approximate surface area is 129 Å². The Morgan fingerprint density at radius 2 is 1.70 bits per heavy atom. The molecule has 1 aliphatic carbocycles. The minimum Gasteiger partial charge on any atom is -0.0755 e. The van der Waals surface area contributed by atoms with Gasteiger partial charge in [-0.1, -0.05) is 77.8 Å². The summed E-state index contributed by atoms with van der Waals surface area (Å²) in [6.45, 7) is 6.82. The lowest BCUT2D eigenvalue weighted by molar-refractivity contribution is 0.464. The molecule has 102 valence electrons. The smallest absolute Gasteiger partial charge is 0.0178 e. The zero-order valence-electron chi connectivity index (χ0n) is 12.2. The molecule has 0 nitrogen and oxygen atoms in total. The van der Waals surface area contributed by atoms with Gasteiger partial charge in [-0.25, -0.2) is 0 Å². The van der Waals surface area contributed by atoms with Gasteiger partial charge in [-0.2, -0.15) is 0 Å². The molecule has 0 saturated carbocycles. The first-order valence-electron chi connectivity index (χ1n) is 7.03. The Hall–Kier alpha value is -1.34. The molecule has 0 aliphatic heterocycles. The maximum absolute atomic E-state index is 3.60. The molecule has 1 heteroatoms. The molecule has 2 aromatic rings. The average Bonchev–Trinajstić information content (AvgIpc) is 2.41. The molecule has 0 spiro atoms. The SMILES string of the molecule is Cc1ccc(C2C=Cc3ccc(Br)cc3C2(C)C)cc1. The Morgan fingerprint density at radius 1 is 1.00 bits per heavy atom. The molecule has 0 heterocycles. The van der Waals surface area contributed by atoms with Crippen molar-refractivity contribution in [3.05, 3.63) is 75.3 Å². The summed E-state index contributed by atoms with van der Waals surface area (Å²) in [7, 11) is 0. The van der Waals surface area contributed by atoms with Crippen LogP contribution in [0.3, 0.4) is 0 Å². The van der Waals surface area contributed by atoms with E-state index in [-0.39, 0.29) is 5.41 Å². The van der Waals surface area contributed by atoms with Crippen LogP contribution in [-0.2, 0) is 5.41 Å². The van der Waals surface area contributed by atoms with Crippen molar-refractivity contribution in [3.63, 3.8) is 0 Å². The van der Waals surface area contributed by atoms with E-state index in [4.69, 9.17) is 0 Å². The van der Waals surface area contributed by atoms with Gasteiger partial charge in [0, 0.05) is 15.8 Å². The summed E-state index contributed by atoms with van der Waals surface area (Å²) < 4.78 is 1.15. The molecule has 0 fully saturated rings. The summed E-state index contributed by atoms with van der Waals surface area (Å²) in [5, 5.41) is 0. The zero-order chi connectivity index (χ0) is 14.3. The predicted octanol–water partition coefficient (Wildman–Crippen LogP) is 5.85. The molecule has 1 atom stereocenters. The van der Waals surface area contributed by atoms with Crippen LogP contribution in [0, 0.1) is 6.92 Å². The summed E-state index contributed by atoms with van der Waals surface area (Å²) in [5.41, 5.74) is 5.56. The standard InChI is InChI=1S/C19H19Br/c1-13-4-6-14(7-5-13)17-11-9-15-8-10-16(20)12-18(15)19(17,2)3/h4-12,17H,1-3H3. The lowest BCUT2D eigenvalue weighted by atomic mass is 9.66. The van der Waals surface area contributed by atoms with E-state index in [0.29, 0.717) is 5.92 Å². The highest BCUT2D eigenvalue weighted by molar-refractivity contribution is 9.10. The second-order valence-corrected chi connectivity index (χ2v) is 7.12. The van der Waals surface area contributed by atoms with Crippen molar-refractivity contribution in [2.75, 3.05) is 0 Å². The van der Waals surface area contributed by atoms with Gasteiger partial charge < -0.3 is 0 Å².